The first-order valence-electron chi connectivity index (χ1n) is 8.43. The molecule has 2 aromatic carbocycles. The van der Waals surface area contributed by atoms with Gasteiger partial charge in [0.05, 0.1) is 17.8 Å². The third-order valence-corrected chi connectivity index (χ3v) is 4.31. The number of benzene rings is 2. The van der Waals surface area contributed by atoms with Crippen molar-refractivity contribution in [1.29, 1.82) is 0 Å². The van der Waals surface area contributed by atoms with Gasteiger partial charge in [-0.3, -0.25) is 4.98 Å². The van der Waals surface area contributed by atoms with Gasteiger partial charge in [-0.25, -0.2) is 4.79 Å². The van der Waals surface area contributed by atoms with Gasteiger partial charge in [0, 0.05) is 30.1 Å². The van der Waals surface area contributed by atoms with E-state index in [-0.39, 0.29) is 5.97 Å². The van der Waals surface area contributed by atoms with E-state index in [0.717, 1.165) is 40.5 Å². The number of rotatable bonds is 5. The SMILES string of the molecule is CCOC(=O)c1cnc2c(ccc3ccccc32)c1N(CC)CC. The zero-order chi connectivity index (χ0) is 17.1. The zero-order valence-corrected chi connectivity index (χ0v) is 14.4. The minimum atomic E-state index is -0.318. The summed E-state index contributed by atoms with van der Waals surface area (Å²) in [6, 6.07) is 12.3. The summed E-state index contributed by atoms with van der Waals surface area (Å²) >= 11 is 0. The van der Waals surface area contributed by atoms with E-state index in [4.69, 9.17) is 4.74 Å². The van der Waals surface area contributed by atoms with Crippen LogP contribution in [0.1, 0.15) is 31.1 Å². The molecule has 0 atom stereocenters. The van der Waals surface area contributed by atoms with Crippen LogP contribution in [0.4, 0.5) is 5.69 Å². The molecule has 0 aliphatic rings. The van der Waals surface area contributed by atoms with Crippen molar-refractivity contribution < 1.29 is 9.53 Å². The van der Waals surface area contributed by atoms with Crippen molar-refractivity contribution in [3.8, 4) is 0 Å². The van der Waals surface area contributed by atoms with Crippen molar-refractivity contribution in [2.45, 2.75) is 20.8 Å². The van der Waals surface area contributed by atoms with E-state index in [1.807, 2.05) is 19.1 Å². The molecule has 0 radical (unpaired) electrons. The van der Waals surface area contributed by atoms with Crippen molar-refractivity contribution in [1.82, 2.24) is 4.98 Å². The van der Waals surface area contributed by atoms with Gasteiger partial charge in [0.25, 0.3) is 0 Å². The highest BCUT2D eigenvalue weighted by Crippen LogP contribution is 2.34. The normalized spacial score (nSPS) is 11.0. The number of hydrogen-bond donors (Lipinski definition) is 0. The lowest BCUT2D eigenvalue weighted by atomic mass is 10.0. The van der Waals surface area contributed by atoms with Crippen LogP contribution in [-0.2, 0) is 4.74 Å². The Hall–Kier alpha value is -2.62. The van der Waals surface area contributed by atoms with Crippen LogP contribution in [0.15, 0.2) is 42.6 Å². The molecule has 0 amide bonds. The van der Waals surface area contributed by atoms with Gasteiger partial charge in [0.2, 0.25) is 0 Å². The second-order valence-corrected chi connectivity index (χ2v) is 5.60. The average Bonchev–Trinajstić information content (AvgIpc) is 2.62. The van der Waals surface area contributed by atoms with Crippen molar-refractivity contribution in [2.24, 2.45) is 0 Å². The third-order valence-electron chi connectivity index (χ3n) is 4.31. The molecule has 0 saturated heterocycles. The maximum atomic E-state index is 12.4. The molecule has 4 heteroatoms. The molecule has 0 saturated carbocycles. The number of anilines is 1. The van der Waals surface area contributed by atoms with E-state index in [1.54, 1.807) is 6.20 Å². The molecule has 0 fully saturated rings. The van der Waals surface area contributed by atoms with Gasteiger partial charge in [-0.1, -0.05) is 36.4 Å². The van der Waals surface area contributed by atoms with Crippen molar-refractivity contribution in [3.05, 3.63) is 48.2 Å². The number of ether oxygens (including phenoxy) is 1. The van der Waals surface area contributed by atoms with Gasteiger partial charge in [-0.2, -0.15) is 0 Å². The Kier molecular flexibility index (Phi) is 4.65. The summed E-state index contributed by atoms with van der Waals surface area (Å²) in [5.41, 5.74) is 2.36. The maximum absolute atomic E-state index is 12.4. The molecule has 0 aliphatic carbocycles. The van der Waals surface area contributed by atoms with Gasteiger partial charge >= 0.3 is 5.97 Å². The topological polar surface area (TPSA) is 42.4 Å². The molecule has 0 bridgehead atoms. The minimum Gasteiger partial charge on any atom is -0.462 e. The smallest absolute Gasteiger partial charge is 0.341 e. The number of fused-ring (bicyclic) bond motifs is 3. The van der Waals surface area contributed by atoms with Gasteiger partial charge < -0.3 is 9.64 Å². The second kappa shape index (κ2) is 6.87. The summed E-state index contributed by atoms with van der Waals surface area (Å²) in [4.78, 5) is 19.2. The van der Waals surface area contributed by atoms with Gasteiger partial charge in [0.1, 0.15) is 5.56 Å². The summed E-state index contributed by atoms with van der Waals surface area (Å²) in [7, 11) is 0. The Morgan fingerprint density at radius 3 is 2.50 bits per heavy atom. The fourth-order valence-electron chi connectivity index (χ4n) is 3.16. The quantitative estimate of drug-likeness (QED) is 0.515. The number of pyridine rings is 1. The first-order valence-corrected chi connectivity index (χ1v) is 8.43. The van der Waals surface area contributed by atoms with Crippen molar-refractivity contribution in [2.75, 3.05) is 24.6 Å². The molecule has 1 heterocycles. The van der Waals surface area contributed by atoms with Crippen LogP contribution in [0.5, 0.6) is 0 Å². The van der Waals surface area contributed by atoms with Crippen LogP contribution in [-0.4, -0.2) is 30.6 Å². The Balaban J connectivity index is 2.35. The summed E-state index contributed by atoms with van der Waals surface area (Å²) in [5, 5.41) is 3.23. The summed E-state index contributed by atoms with van der Waals surface area (Å²) < 4.78 is 5.24. The van der Waals surface area contributed by atoms with Gasteiger partial charge in [-0.15, -0.1) is 0 Å². The number of aromatic nitrogens is 1. The van der Waals surface area contributed by atoms with Crippen LogP contribution in [0.3, 0.4) is 0 Å². The fourth-order valence-corrected chi connectivity index (χ4v) is 3.16. The standard InChI is InChI=1S/C20H22N2O2/c1-4-22(5-2)19-16-12-11-14-9-7-8-10-15(14)18(16)21-13-17(19)20(23)24-6-3/h7-13H,4-6H2,1-3H3. The Bertz CT molecular complexity index is 885. The van der Waals surface area contributed by atoms with Crippen LogP contribution in [0, 0.1) is 0 Å². The lowest BCUT2D eigenvalue weighted by molar-refractivity contribution is 0.0527. The molecule has 3 aromatic rings. The monoisotopic (exact) mass is 322 g/mol. The first-order chi connectivity index (χ1) is 11.7. The van der Waals surface area contributed by atoms with E-state index in [2.05, 4.69) is 48.0 Å². The van der Waals surface area contributed by atoms with E-state index in [0.29, 0.717) is 12.2 Å². The molecule has 0 unspecified atom stereocenters. The molecule has 0 spiro atoms. The van der Waals surface area contributed by atoms with Crippen LogP contribution in [0.2, 0.25) is 0 Å². The van der Waals surface area contributed by atoms with E-state index in [9.17, 15) is 4.79 Å². The molecule has 24 heavy (non-hydrogen) atoms. The number of nitrogens with zero attached hydrogens (tertiary/aromatic N) is 2. The highest BCUT2D eigenvalue weighted by atomic mass is 16.5. The molecular formula is C20H22N2O2. The molecule has 1 aromatic heterocycles. The number of esters is 1. The van der Waals surface area contributed by atoms with Crippen LogP contribution in [0.25, 0.3) is 21.7 Å². The molecule has 0 N–H and O–H groups in total. The van der Waals surface area contributed by atoms with E-state index >= 15 is 0 Å². The summed E-state index contributed by atoms with van der Waals surface area (Å²) in [6.07, 6.45) is 1.65. The third kappa shape index (κ3) is 2.68. The van der Waals surface area contributed by atoms with Gasteiger partial charge in [0.15, 0.2) is 0 Å². The van der Waals surface area contributed by atoms with Crippen molar-refractivity contribution >= 4 is 33.3 Å². The highest BCUT2D eigenvalue weighted by Gasteiger charge is 2.20. The van der Waals surface area contributed by atoms with Crippen LogP contribution < -0.4 is 4.90 Å². The molecule has 4 nitrogen and oxygen atoms in total. The lowest BCUT2D eigenvalue weighted by Crippen LogP contribution is -2.25. The number of carbonyl (C=O) groups excluding carboxylic acids is 1. The predicted molar refractivity (Wildman–Crippen MR) is 98.8 cm³/mol. The summed E-state index contributed by atoms with van der Waals surface area (Å²) in [5.74, 6) is -0.318. The summed E-state index contributed by atoms with van der Waals surface area (Å²) in [6.45, 7) is 7.98. The number of hydrogen-bond acceptors (Lipinski definition) is 4. The van der Waals surface area contributed by atoms with E-state index < -0.39 is 0 Å². The zero-order valence-electron chi connectivity index (χ0n) is 14.4. The van der Waals surface area contributed by atoms with Crippen LogP contribution >= 0.6 is 0 Å². The van der Waals surface area contributed by atoms with Crippen molar-refractivity contribution in [3.63, 3.8) is 0 Å². The molecular weight excluding hydrogens is 300 g/mol. The predicted octanol–water partition coefficient (Wildman–Crippen LogP) is 4.41. The second-order valence-electron chi connectivity index (χ2n) is 5.60. The van der Waals surface area contributed by atoms with E-state index in [1.165, 1.54) is 0 Å². The number of carbonyl (C=O) groups is 1. The minimum absolute atomic E-state index is 0.318. The maximum Gasteiger partial charge on any atom is 0.341 e. The van der Waals surface area contributed by atoms with Gasteiger partial charge in [-0.05, 0) is 26.2 Å². The lowest BCUT2D eigenvalue weighted by Gasteiger charge is -2.25. The largest absolute Gasteiger partial charge is 0.462 e. The molecule has 0 aliphatic heterocycles. The first kappa shape index (κ1) is 16.2. The molecule has 124 valence electrons. The molecule has 3 rings (SSSR count). The Morgan fingerprint density at radius 2 is 1.79 bits per heavy atom. The average molecular weight is 322 g/mol. The highest BCUT2D eigenvalue weighted by molar-refractivity contribution is 6.13. The Labute approximate surface area is 142 Å². The fraction of sp³-hybridized carbons (Fsp3) is 0.300. The Morgan fingerprint density at radius 1 is 1.04 bits per heavy atom.